The normalized spacial score (nSPS) is 13.2. The first kappa shape index (κ1) is 16.5. The summed E-state index contributed by atoms with van der Waals surface area (Å²) >= 11 is 0. The molecule has 0 unspecified atom stereocenters. The molecule has 18 heavy (non-hydrogen) atoms. The second kappa shape index (κ2) is 7.04. The summed E-state index contributed by atoms with van der Waals surface area (Å²) in [4.78, 5) is 11.4. The Morgan fingerprint density at radius 2 is 1.83 bits per heavy atom. The summed E-state index contributed by atoms with van der Waals surface area (Å²) in [6.07, 6.45) is 3.54. The van der Waals surface area contributed by atoms with Crippen molar-refractivity contribution in [3.05, 3.63) is 35.5 Å². The highest BCUT2D eigenvalue weighted by Crippen LogP contribution is 2.15. The molecule has 0 rings (SSSR count). The van der Waals surface area contributed by atoms with E-state index in [1.807, 2.05) is 53.7 Å². The summed E-state index contributed by atoms with van der Waals surface area (Å²) in [5, 5.41) is 2.68. The molecule has 0 aliphatic carbocycles. The minimum absolute atomic E-state index is 0.403. The number of nitrogens with one attached hydrogen (secondary N) is 1. The van der Waals surface area contributed by atoms with Crippen molar-refractivity contribution in [1.82, 2.24) is 5.32 Å². The fraction of sp³-hybridized carbons (Fsp3) is 0.533. The predicted octanol–water partition coefficient (Wildman–Crippen LogP) is 3.98. The van der Waals surface area contributed by atoms with E-state index in [-0.39, 0.29) is 0 Å². The second-order valence-corrected chi connectivity index (χ2v) is 5.22. The molecule has 0 aromatic carbocycles. The van der Waals surface area contributed by atoms with Crippen LogP contribution in [0.5, 0.6) is 0 Å². The molecular weight excluding hydrogens is 226 g/mol. The predicted molar refractivity (Wildman–Crippen MR) is 76.6 cm³/mol. The molecule has 0 atom stereocenters. The lowest BCUT2D eigenvalue weighted by Crippen LogP contribution is -2.32. The molecule has 0 aromatic rings. The van der Waals surface area contributed by atoms with Crippen LogP contribution >= 0.6 is 0 Å². The van der Waals surface area contributed by atoms with Gasteiger partial charge in [0.25, 0.3) is 0 Å². The fourth-order valence-corrected chi connectivity index (χ4v) is 1.21. The summed E-state index contributed by atoms with van der Waals surface area (Å²) in [7, 11) is 0. The minimum Gasteiger partial charge on any atom is -0.444 e. The van der Waals surface area contributed by atoms with E-state index < -0.39 is 11.7 Å². The van der Waals surface area contributed by atoms with Gasteiger partial charge < -0.3 is 10.1 Å². The van der Waals surface area contributed by atoms with Crippen molar-refractivity contribution in [2.24, 2.45) is 0 Å². The summed E-state index contributed by atoms with van der Waals surface area (Å²) in [6, 6.07) is 0. The van der Waals surface area contributed by atoms with Crippen LogP contribution in [-0.2, 0) is 4.74 Å². The topological polar surface area (TPSA) is 38.3 Å². The number of alkyl carbamates (subject to hydrolysis) is 1. The molecule has 1 N–H and O–H groups in total. The van der Waals surface area contributed by atoms with Crippen molar-refractivity contribution in [3.8, 4) is 0 Å². The fourth-order valence-electron chi connectivity index (χ4n) is 1.21. The highest BCUT2D eigenvalue weighted by Gasteiger charge is 2.15. The Kier molecular flexibility index (Phi) is 6.45. The van der Waals surface area contributed by atoms with Crippen LogP contribution < -0.4 is 5.32 Å². The van der Waals surface area contributed by atoms with Crippen LogP contribution in [0.1, 0.15) is 41.5 Å². The standard InChI is InChI=1S/C15H25NO2/c1-8-11(2)13(4)12(3)9-10-16-14(17)18-15(5,6)7/h8-9H,4,10H2,1-3,5-7H3,(H,16,17)/b11-8-,12-9+. The van der Waals surface area contributed by atoms with Gasteiger partial charge in [0.05, 0.1) is 0 Å². The molecule has 0 bridgehead atoms. The van der Waals surface area contributed by atoms with Gasteiger partial charge >= 0.3 is 6.09 Å². The van der Waals surface area contributed by atoms with Crippen molar-refractivity contribution < 1.29 is 9.53 Å². The van der Waals surface area contributed by atoms with E-state index >= 15 is 0 Å². The number of amides is 1. The van der Waals surface area contributed by atoms with E-state index in [9.17, 15) is 4.79 Å². The van der Waals surface area contributed by atoms with E-state index in [0.29, 0.717) is 6.54 Å². The lowest BCUT2D eigenvalue weighted by molar-refractivity contribution is 0.0534. The van der Waals surface area contributed by atoms with Gasteiger partial charge in [0, 0.05) is 6.54 Å². The van der Waals surface area contributed by atoms with Crippen molar-refractivity contribution in [2.45, 2.75) is 47.1 Å². The molecule has 0 fully saturated rings. The maximum atomic E-state index is 11.4. The zero-order valence-corrected chi connectivity index (χ0v) is 12.4. The molecule has 102 valence electrons. The van der Waals surface area contributed by atoms with Gasteiger partial charge in [-0.25, -0.2) is 4.79 Å². The third kappa shape index (κ3) is 6.94. The van der Waals surface area contributed by atoms with Crippen LogP contribution in [0, 0.1) is 0 Å². The number of carbonyl (C=O) groups is 1. The van der Waals surface area contributed by atoms with Crippen LogP contribution in [-0.4, -0.2) is 18.2 Å². The van der Waals surface area contributed by atoms with E-state index in [1.165, 1.54) is 0 Å². The summed E-state index contributed by atoms with van der Waals surface area (Å²) in [5.41, 5.74) is 2.72. The monoisotopic (exact) mass is 251 g/mol. The first-order valence-corrected chi connectivity index (χ1v) is 6.13. The van der Waals surface area contributed by atoms with Gasteiger partial charge in [0.1, 0.15) is 5.60 Å². The molecule has 0 aliphatic rings. The molecule has 3 heteroatoms. The van der Waals surface area contributed by atoms with Crippen LogP contribution in [0.15, 0.2) is 35.5 Å². The minimum atomic E-state index is -0.464. The second-order valence-electron chi connectivity index (χ2n) is 5.22. The zero-order valence-electron chi connectivity index (χ0n) is 12.4. The molecule has 0 spiro atoms. The maximum absolute atomic E-state index is 11.4. The van der Waals surface area contributed by atoms with Gasteiger partial charge in [-0.15, -0.1) is 0 Å². The molecule has 0 saturated heterocycles. The van der Waals surface area contributed by atoms with Crippen LogP contribution in [0.25, 0.3) is 0 Å². The Hall–Kier alpha value is -1.51. The van der Waals surface area contributed by atoms with Crippen molar-refractivity contribution in [3.63, 3.8) is 0 Å². The van der Waals surface area contributed by atoms with Crippen LogP contribution in [0.3, 0.4) is 0 Å². The summed E-state index contributed by atoms with van der Waals surface area (Å²) in [5.74, 6) is 0. The molecule has 0 radical (unpaired) electrons. The van der Waals surface area contributed by atoms with Crippen molar-refractivity contribution in [2.75, 3.05) is 6.54 Å². The smallest absolute Gasteiger partial charge is 0.407 e. The SMILES string of the molecule is C=C(/C(C)=C\C)/C(C)=C/CNC(=O)OC(C)(C)C. The molecule has 0 aliphatic heterocycles. The van der Waals surface area contributed by atoms with Gasteiger partial charge in [-0.2, -0.15) is 0 Å². The lowest BCUT2D eigenvalue weighted by Gasteiger charge is -2.19. The maximum Gasteiger partial charge on any atom is 0.407 e. The molecule has 0 saturated carbocycles. The molecule has 3 nitrogen and oxygen atoms in total. The number of hydrogen-bond acceptors (Lipinski definition) is 2. The van der Waals surface area contributed by atoms with Gasteiger partial charge in [-0.1, -0.05) is 18.7 Å². The number of allylic oxidation sites excluding steroid dienone is 4. The number of carbonyl (C=O) groups excluding carboxylic acids is 1. The first-order valence-electron chi connectivity index (χ1n) is 6.13. The molecule has 0 aromatic heterocycles. The third-order valence-electron chi connectivity index (χ3n) is 2.44. The Labute approximate surface area is 111 Å². The van der Waals surface area contributed by atoms with Gasteiger partial charge in [-0.05, 0) is 58.3 Å². The lowest BCUT2D eigenvalue weighted by atomic mass is 10.0. The van der Waals surface area contributed by atoms with Gasteiger partial charge in [-0.3, -0.25) is 0 Å². The van der Waals surface area contributed by atoms with E-state index in [0.717, 1.165) is 16.7 Å². The molecule has 1 amide bonds. The third-order valence-corrected chi connectivity index (χ3v) is 2.44. The largest absolute Gasteiger partial charge is 0.444 e. The Bertz CT molecular complexity index is 370. The quantitative estimate of drug-likeness (QED) is 0.767. The highest BCUT2D eigenvalue weighted by molar-refractivity contribution is 5.67. The van der Waals surface area contributed by atoms with Gasteiger partial charge in [0.2, 0.25) is 0 Å². The van der Waals surface area contributed by atoms with Crippen LogP contribution in [0.2, 0.25) is 0 Å². The Balaban J connectivity index is 4.25. The zero-order chi connectivity index (χ0) is 14.3. The van der Waals surface area contributed by atoms with E-state index in [2.05, 4.69) is 11.9 Å². The first-order chi connectivity index (χ1) is 8.17. The number of rotatable bonds is 4. The number of ether oxygens (including phenoxy) is 1. The van der Waals surface area contributed by atoms with E-state index in [4.69, 9.17) is 4.74 Å². The Morgan fingerprint density at radius 3 is 2.28 bits per heavy atom. The van der Waals surface area contributed by atoms with Crippen molar-refractivity contribution in [1.29, 1.82) is 0 Å². The number of hydrogen-bond donors (Lipinski definition) is 1. The van der Waals surface area contributed by atoms with Gasteiger partial charge in [0.15, 0.2) is 0 Å². The molecule has 0 heterocycles. The average molecular weight is 251 g/mol. The van der Waals surface area contributed by atoms with Crippen LogP contribution in [0.4, 0.5) is 4.79 Å². The van der Waals surface area contributed by atoms with E-state index in [1.54, 1.807) is 0 Å². The summed E-state index contributed by atoms with van der Waals surface area (Å²) in [6.45, 7) is 15.9. The molecular formula is C15H25NO2. The summed E-state index contributed by atoms with van der Waals surface area (Å²) < 4.78 is 5.14. The highest BCUT2D eigenvalue weighted by atomic mass is 16.6. The average Bonchev–Trinajstić information content (AvgIpc) is 2.24. The Morgan fingerprint density at radius 1 is 1.28 bits per heavy atom. The van der Waals surface area contributed by atoms with Crippen molar-refractivity contribution >= 4 is 6.09 Å².